The number of nitrogens with one attached hydrogen (secondary N) is 1. The summed E-state index contributed by atoms with van der Waals surface area (Å²) in [5.41, 5.74) is 1.89. The Morgan fingerprint density at radius 2 is 2.14 bits per heavy atom. The Kier molecular flexibility index (Phi) is 4.54. The fraction of sp³-hybridized carbons (Fsp3) is 0.562. The minimum Gasteiger partial charge on any atom is -0.482 e. The predicted octanol–water partition coefficient (Wildman–Crippen LogP) is 1.85. The maximum absolute atomic E-state index is 11.9. The highest BCUT2D eigenvalue weighted by Gasteiger charge is 2.43. The Labute approximate surface area is 125 Å². The van der Waals surface area contributed by atoms with Crippen LogP contribution in [-0.4, -0.2) is 45.0 Å². The average molecular weight is 293 g/mol. The standard InChI is InChI=1S/C16H23NO4/c1-10-6-7-12(15(18)17-4)11(2)14(10)21-16(3)9-20-8-13(16)19-5/h6-7,13H,8-9H2,1-5H3,(H,17,18). The highest BCUT2D eigenvalue weighted by Crippen LogP contribution is 2.33. The molecule has 0 bridgehead atoms. The maximum Gasteiger partial charge on any atom is 0.251 e. The van der Waals surface area contributed by atoms with Gasteiger partial charge in [-0.3, -0.25) is 4.79 Å². The van der Waals surface area contributed by atoms with E-state index in [1.807, 2.05) is 32.9 Å². The summed E-state index contributed by atoms with van der Waals surface area (Å²) in [4.78, 5) is 11.9. The van der Waals surface area contributed by atoms with Crippen LogP contribution in [0, 0.1) is 13.8 Å². The van der Waals surface area contributed by atoms with Gasteiger partial charge in [-0.05, 0) is 32.4 Å². The minimum atomic E-state index is -0.550. The lowest BCUT2D eigenvalue weighted by atomic mass is 10.00. The second kappa shape index (κ2) is 6.03. The van der Waals surface area contributed by atoms with Gasteiger partial charge in [0.15, 0.2) is 5.60 Å². The van der Waals surface area contributed by atoms with Crippen molar-refractivity contribution in [3.8, 4) is 5.75 Å². The molecule has 1 fully saturated rings. The van der Waals surface area contributed by atoms with Crippen molar-refractivity contribution in [1.29, 1.82) is 0 Å². The summed E-state index contributed by atoms with van der Waals surface area (Å²) in [5.74, 6) is 0.611. The van der Waals surface area contributed by atoms with E-state index in [-0.39, 0.29) is 12.0 Å². The molecule has 1 aliphatic rings. The van der Waals surface area contributed by atoms with Gasteiger partial charge in [-0.25, -0.2) is 0 Å². The number of carbonyl (C=O) groups excluding carboxylic acids is 1. The SMILES string of the molecule is CNC(=O)c1ccc(C)c(OC2(C)COCC2OC)c1C. The van der Waals surface area contributed by atoms with E-state index in [0.29, 0.717) is 18.8 Å². The van der Waals surface area contributed by atoms with Crippen molar-refractivity contribution in [3.05, 3.63) is 28.8 Å². The van der Waals surface area contributed by atoms with Crippen molar-refractivity contribution in [2.24, 2.45) is 0 Å². The number of rotatable bonds is 4. The van der Waals surface area contributed by atoms with Gasteiger partial charge in [0.25, 0.3) is 5.91 Å². The number of ether oxygens (including phenoxy) is 3. The van der Waals surface area contributed by atoms with Gasteiger partial charge < -0.3 is 19.5 Å². The van der Waals surface area contributed by atoms with Gasteiger partial charge in [0.1, 0.15) is 11.9 Å². The third-order valence-electron chi connectivity index (χ3n) is 4.03. The molecule has 1 aromatic rings. The maximum atomic E-state index is 11.9. The third kappa shape index (κ3) is 2.89. The van der Waals surface area contributed by atoms with Crippen molar-refractivity contribution in [3.63, 3.8) is 0 Å². The zero-order chi connectivity index (χ0) is 15.6. The van der Waals surface area contributed by atoms with Crippen LogP contribution in [0.25, 0.3) is 0 Å². The van der Waals surface area contributed by atoms with E-state index in [1.165, 1.54) is 0 Å². The summed E-state index contributed by atoms with van der Waals surface area (Å²) >= 11 is 0. The largest absolute Gasteiger partial charge is 0.482 e. The molecular formula is C16H23NO4. The monoisotopic (exact) mass is 293 g/mol. The van der Waals surface area contributed by atoms with E-state index in [2.05, 4.69) is 5.32 Å². The predicted molar refractivity (Wildman–Crippen MR) is 80.0 cm³/mol. The molecule has 21 heavy (non-hydrogen) atoms. The Bertz CT molecular complexity index is 543. The summed E-state index contributed by atoms with van der Waals surface area (Å²) in [7, 11) is 3.27. The number of benzene rings is 1. The fourth-order valence-electron chi connectivity index (χ4n) is 2.65. The number of methoxy groups -OCH3 is 1. The number of hydrogen-bond donors (Lipinski definition) is 1. The van der Waals surface area contributed by atoms with Crippen molar-refractivity contribution in [1.82, 2.24) is 5.32 Å². The molecule has 1 aliphatic heterocycles. The van der Waals surface area contributed by atoms with Crippen LogP contribution in [0.4, 0.5) is 0 Å². The topological polar surface area (TPSA) is 56.8 Å². The Morgan fingerprint density at radius 1 is 1.43 bits per heavy atom. The van der Waals surface area contributed by atoms with Gasteiger partial charge in [-0.1, -0.05) is 6.07 Å². The van der Waals surface area contributed by atoms with E-state index in [9.17, 15) is 4.79 Å². The first-order valence-electron chi connectivity index (χ1n) is 7.04. The van der Waals surface area contributed by atoms with E-state index in [4.69, 9.17) is 14.2 Å². The number of hydrogen-bond acceptors (Lipinski definition) is 4. The molecule has 5 nitrogen and oxygen atoms in total. The molecule has 0 aromatic heterocycles. The van der Waals surface area contributed by atoms with Gasteiger partial charge in [0, 0.05) is 25.3 Å². The van der Waals surface area contributed by atoms with E-state index < -0.39 is 5.60 Å². The summed E-state index contributed by atoms with van der Waals surface area (Å²) in [6.45, 7) is 6.82. The third-order valence-corrected chi connectivity index (χ3v) is 4.03. The molecule has 2 unspecified atom stereocenters. The first kappa shape index (κ1) is 15.8. The highest BCUT2D eigenvalue weighted by atomic mass is 16.6. The smallest absolute Gasteiger partial charge is 0.251 e. The molecule has 116 valence electrons. The molecule has 2 atom stereocenters. The second-order valence-electron chi connectivity index (χ2n) is 5.62. The quantitative estimate of drug-likeness (QED) is 0.920. The van der Waals surface area contributed by atoms with Crippen molar-refractivity contribution >= 4 is 5.91 Å². The molecular weight excluding hydrogens is 270 g/mol. The Balaban J connectivity index is 2.38. The number of amides is 1. The van der Waals surface area contributed by atoms with Gasteiger partial charge >= 0.3 is 0 Å². The van der Waals surface area contributed by atoms with Crippen LogP contribution in [0.3, 0.4) is 0 Å². The molecule has 1 aromatic carbocycles. The van der Waals surface area contributed by atoms with Gasteiger partial charge in [-0.15, -0.1) is 0 Å². The van der Waals surface area contributed by atoms with Crippen LogP contribution in [0.2, 0.25) is 0 Å². The molecule has 0 saturated carbocycles. The molecule has 2 rings (SSSR count). The normalized spacial score (nSPS) is 24.9. The average Bonchev–Trinajstić information content (AvgIpc) is 2.84. The zero-order valence-corrected chi connectivity index (χ0v) is 13.3. The zero-order valence-electron chi connectivity index (χ0n) is 13.3. The first-order chi connectivity index (χ1) is 9.92. The summed E-state index contributed by atoms with van der Waals surface area (Å²) in [6, 6.07) is 3.71. The first-order valence-corrected chi connectivity index (χ1v) is 7.04. The highest BCUT2D eigenvalue weighted by molar-refractivity contribution is 5.96. The van der Waals surface area contributed by atoms with Crippen molar-refractivity contribution < 1.29 is 19.0 Å². The molecule has 5 heteroatoms. The lowest BCUT2D eigenvalue weighted by Crippen LogP contribution is -2.45. The fourth-order valence-corrected chi connectivity index (χ4v) is 2.65. The lowest BCUT2D eigenvalue weighted by Gasteiger charge is -2.31. The number of carbonyl (C=O) groups is 1. The number of aryl methyl sites for hydroxylation is 1. The van der Waals surface area contributed by atoms with Crippen LogP contribution in [0.15, 0.2) is 12.1 Å². The van der Waals surface area contributed by atoms with Gasteiger partial charge in [-0.2, -0.15) is 0 Å². The van der Waals surface area contributed by atoms with Crippen molar-refractivity contribution in [2.75, 3.05) is 27.4 Å². The van der Waals surface area contributed by atoms with Crippen LogP contribution < -0.4 is 10.1 Å². The Hall–Kier alpha value is -1.59. The molecule has 1 saturated heterocycles. The van der Waals surface area contributed by atoms with Crippen molar-refractivity contribution in [2.45, 2.75) is 32.5 Å². The summed E-state index contributed by atoms with van der Waals surface area (Å²) in [5, 5.41) is 2.65. The molecule has 1 heterocycles. The van der Waals surface area contributed by atoms with Crippen LogP contribution in [0.5, 0.6) is 5.75 Å². The molecule has 0 spiro atoms. The second-order valence-corrected chi connectivity index (χ2v) is 5.62. The summed E-state index contributed by atoms with van der Waals surface area (Å²) < 4.78 is 17.2. The van der Waals surface area contributed by atoms with Crippen LogP contribution >= 0.6 is 0 Å². The Morgan fingerprint density at radius 3 is 2.76 bits per heavy atom. The van der Waals surface area contributed by atoms with E-state index >= 15 is 0 Å². The van der Waals surface area contributed by atoms with Gasteiger partial charge in [0.05, 0.1) is 13.2 Å². The molecule has 1 N–H and O–H groups in total. The summed E-state index contributed by atoms with van der Waals surface area (Å²) in [6.07, 6.45) is -0.125. The van der Waals surface area contributed by atoms with E-state index in [1.54, 1.807) is 14.2 Å². The van der Waals surface area contributed by atoms with Crippen LogP contribution in [-0.2, 0) is 9.47 Å². The molecule has 0 aliphatic carbocycles. The van der Waals surface area contributed by atoms with E-state index in [0.717, 1.165) is 16.9 Å². The minimum absolute atomic E-state index is 0.117. The van der Waals surface area contributed by atoms with Gasteiger partial charge in [0.2, 0.25) is 0 Å². The molecule has 1 amide bonds. The van der Waals surface area contributed by atoms with Crippen LogP contribution in [0.1, 0.15) is 28.4 Å². The lowest BCUT2D eigenvalue weighted by molar-refractivity contribution is -0.0310. The molecule has 0 radical (unpaired) electrons.